The lowest BCUT2D eigenvalue weighted by Crippen LogP contribution is -2.05. The van der Waals surface area contributed by atoms with E-state index in [0.29, 0.717) is 5.82 Å². The molecule has 0 bridgehead atoms. The molecule has 2 rings (SSSR count). The average Bonchev–Trinajstić information content (AvgIpc) is 2.68. The van der Waals surface area contributed by atoms with Crippen molar-refractivity contribution in [2.45, 2.75) is 18.1 Å². The van der Waals surface area contributed by atoms with Gasteiger partial charge in [-0.05, 0) is 25.3 Å². The molecule has 0 atom stereocenters. The Morgan fingerprint density at radius 1 is 1.20 bits per heavy atom. The molecule has 1 aromatic heterocycles. The average molecular weight is 341 g/mol. The maximum atomic E-state index is 12.7. The van der Waals surface area contributed by atoms with Gasteiger partial charge in [0.25, 0.3) is 0 Å². The van der Waals surface area contributed by atoms with Crippen molar-refractivity contribution in [3.05, 3.63) is 33.4 Å². The van der Waals surface area contributed by atoms with Crippen LogP contribution in [0.25, 0.3) is 11.4 Å². The molecule has 8 heteroatoms. The SMILES string of the molecule is CSc1nc(-c2c(Cl)cc(C(F)(F)F)cc2Cl)[nH]c1C. The van der Waals surface area contributed by atoms with Gasteiger partial charge in [0, 0.05) is 5.69 Å². The number of halogens is 5. The molecule has 0 aliphatic heterocycles. The van der Waals surface area contributed by atoms with E-state index < -0.39 is 11.7 Å². The van der Waals surface area contributed by atoms with Crippen LogP contribution in [0.5, 0.6) is 0 Å². The molecule has 0 unspecified atom stereocenters. The van der Waals surface area contributed by atoms with E-state index in [2.05, 4.69) is 9.97 Å². The van der Waals surface area contributed by atoms with Gasteiger partial charge in [-0.2, -0.15) is 13.2 Å². The Hall–Kier alpha value is -0.850. The first-order chi connectivity index (χ1) is 9.24. The molecule has 1 heterocycles. The van der Waals surface area contributed by atoms with E-state index in [9.17, 15) is 13.2 Å². The topological polar surface area (TPSA) is 28.7 Å². The van der Waals surface area contributed by atoms with Crippen LogP contribution in [0, 0.1) is 6.92 Å². The zero-order valence-electron chi connectivity index (χ0n) is 10.4. The van der Waals surface area contributed by atoms with Gasteiger partial charge in [0.15, 0.2) is 0 Å². The third kappa shape index (κ3) is 2.92. The van der Waals surface area contributed by atoms with Crippen molar-refractivity contribution < 1.29 is 13.2 Å². The molecule has 1 N–H and O–H groups in total. The number of aromatic amines is 1. The number of thioether (sulfide) groups is 1. The van der Waals surface area contributed by atoms with Crippen LogP contribution >= 0.6 is 35.0 Å². The van der Waals surface area contributed by atoms with Crippen LogP contribution in [0.15, 0.2) is 17.2 Å². The summed E-state index contributed by atoms with van der Waals surface area (Å²) in [7, 11) is 0. The molecule has 0 aliphatic carbocycles. The van der Waals surface area contributed by atoms with Crippen LogP contribution in [0.4, 0.5) is 13.2 Å². The summed E-state index contributed by atoms with van der Waals surface area (Å²) in [4.78, 5) is 7.24. The highest BCUT2D eigenvalue weighted by Gasteiger charge is 2.32. The molecular weight excluding hydrogens is 332 g/mol. The van der Waals surface area contributed by atoms with Crippen molar-refractivity contribution in [2.24, 2.45) is 0 Å². The number of aromatic nitrogens is 2. The first kappa shape index (κ1) is 15.5. The summed E-state index contributed by atoms with van der Waals surface area (Å²) >= 11 is 13.3. The molecule has 2 aromatic rings. The molecule has 108 valence electrons. The van der Waals surface area contributed by atoms with Crippen LogP contribution in [0.2, 0.25) is 10.0 Å². The molecule has 0 saturated heterocycles. The molecule has 0 amide bonds. The summed E-state index contributed by atoms with van der Waals surface area (Å²) < 4.78 is 38.0. The van der Waals surface area contributed by atoms with E-state index in [-0.39, 0.29) is 15.6 Å². The standard InChI is InChI=1S/C12H9Cl2F3N2S/c1-5-11(20-2)19-10(18-5)9-7(13)3-6(4-8(9)14)12(15,16)17/h3-4H,1-2H3,(H,18,19). The molecular formula is C12H9Cl2F3N2S. The van der Waals surface area contributed by atoms with Crippen LogP contribution in [0.1, 0.15) is 11.3 Å². The van der Waals surface area contributed by atoms with Gasteiger partial charge in [-0.3, -0.25) is 0 Å². The van der Waals surface area contributed by atoms with Gasteiger partial charge in [-0.25, -0.2) is 4.98 Å². The fourth-order valence-corrected chi connectivity index (χ4v) is 2.93. The second-order valence-corrected chi connectivity index (χ2v) is 5.64. The van der Waals surface area contributed by atoms with Crippen molar-refractivity contribution in [2.75, 3.05) is 6.26 Å². The number of nitrogens with zero attached hydrogens (tertiary/aromatic N) is 1. The normalized spacial score (nSPS) is 11.9. The van der Waals surface area contributed by atoms with E-state index in [0.717, 1.165) is 22.9 Å². The molecule has 0 radical (unpaired) electrons. The summed E-state index contributed by atoms with van der Waals surface area (Å²) in [5.41, 5.74) is 0.189. The van der Waals surface area contributed by atoms with Crippen molar-refractivity contribution in [1.82, 2.24) is 9.97 Å². The second-order valence-electron chi connectivity index (χ2n) is 4.03. The fraction of sp³-hybridized carbons (Fsp3) is 0.250. The largest absolute Gasteiger partial charge is 0.416 e. The Balaban J connectivity index is 2.58. The van der Waals surface area contributed by atoms with Gasteiger partial charge in [-0.1, -0.05) is 23.2 Å². The van der Waals surface area contributed by atoms with Gasteiger partial charge in [0.05, 0.1) is 21.2 Å². The molecule has 2 nitrogen and oxygen atoms in total. The van der Waals surface area contributed by atoms with Gasteiger partial charge in [0.1, 0.15) is 10.9 Å². The van der Waals surface area contributed by atoms with Crippen molar-refractivity contribution >= 4 is 35.0 Å². The summed E-state index contributed by atoms with van der Waals surface area (Å²) in [6.45, 7) is 1.81. The maximum absolute atomic E-state index is 12.7. The highest BCUT2D eigenvalue weighted by atomic mass is 35.5. The van der Waals surface area contributed by atoms with Crippen molar-refractivity contribution in [3.8, 4) is 11.4 Å². The number of alkyl halides is 3. The summed E-state index contributed by atoms with van der Waals surface area (Å²) in [6, 6.07) is 1.69. The lowest BCUT2D eigenvalue weighted by Gasteiger charge is -2.10. The van der Waals surface area contributed by atoms with Crippen molar-refractivity contribution in [3.63, 3.8) is 0 Å². The fourth-order valence-electron chi connectivity index (χ4n) is 1.72. The summed E-state index contributed by atoms with van der Waals surface area (Å²) in [5.74, 6) is 0.357. The lowest BCUT2D eigenvalue weighted by atomic mass is 10.1. The molecule has 1 aromatic carbocycles. The zero-order chi connectivity index (χ0) is 15.1. The van der Waals surface area contributed by atoms with E-state index in [1.807, 2.05) is 13.2 Å². The van der Waals surface area contributed by atoms with Crippen LogP contribution < -0.4 is 0 Å². The minimum atomic E-state index is -4.49. The zero-order valence-corrected chi connectivity index (χ0v) is 12.7. The number of hydrogen-bond donors (Lipinski definition) is 1. The first-order valence-electron chi connectivity index (χ1n) is 5.41. The Labute approximate surface area is 127 Å². The monoisotopic (exact) mass is 340 g/mol. The summed E-state index contributed by atoms with van der Waals surface area (Å²) in [6.07, 6.45) is -2.64. The second kappa shape index (κ2) is 5.50. The number of nitrogens with one attached hydrogen (secondary N) is 1. The van der Waals surface area contributed by atoms with Gasteiger partial charge in [-0.15, -0.1) is 11.8 Å². The molecule has 20 heavy (non-hydrogen) atoms. The van der Waals surface area contributed by atoms with E-state index in [1.165, 1.54) is 11.8 Å². The molecule has 0 spiro atoms. The van der Waals surface area contributed by atoms with E-state index in [4.69, 9.17) is 23.2 Å². The Morgan fingerprint density at radius 2 is 1.75 bits per heavy atom. The number of rotatable bonds is 2. The number of benzene rings is 1. The first-order valence-corrected chi connectivity index (χ1v) is 7.39. The predicted octanol–water partition coefficient (Wildman–Crippen LogP) is 5.43. The Morgan fingerprint density at radius 3 is 2.15 bits per heavy atom. The van der Waals surface area contributed by atoms with Crippen LogP contribution in [-0.4, -0.2) is 16.2 Å². The lowest BCUT2D eigenvalue weighted by molar-refractivity contribution is -0.137. The maximum Gasteiger partial charge on any atom is 0.416 e. The smallest absolute Gasteiger partial charge is 0.341 e. The number of aryl methyl sites for hydroxylation is 1. The number of hydrogen-bond acceptors (Lipinski definition) is 2. The molecule has 0 aliphatic rings. The quantitative estimate of drug-likeness (QED) is 0.738. The minimum absolute atomic E-state index is 0.0915. The minimum Gasteiger partial charge on any atom is -0.341 e. The highest BCUT2D eigenvalue weighted by molar-refractivity contribution is 7.98. The summed E-state index contributed by atoms with van der Waals surface area (Å²) in [5, 5.41) is 0.560. The Bertz CT molecular complexity index is 630. The van der Waals surface area contributed by atoms with E-state index in [1.54, 1.807) is 0 Å². The Kier molecular flexibility index (Phi) is 4.27. The predicted molar refractivity (Wildman–Crippen MR) is 75.6 cm³/mol. The van der Waals surface area contributed by atoms with Gasteiger partial charge in [0.2, 0.25) is 0 Å². The van der Waals surface area contributed by atoms with Crippen LogP contribution in [0.3, 0.4) is 0 Å². The van der Waals surface area contributed by atoms with Gasteiger partial charge < -0.3 is 4.98 Å². The molecule has 0 fully saturated rings. The highest BCUT2D eigenvalue weighted by Crippen LogP contribution is 2.40. The van der Waals surface area contributed by atoms with E-state index >= 15 is 0 Å². The number of H-pyrrole nitrogens is 1. The number of imidazole rings is 1. The third-order valence-corrected chi connectivity index (χ3v) is 4.02. The van der Waals surface area contributed by atoms with Crippen molar-refractivity contribution in [1.29, 1.82) is 0 Å². The molecule has 0 saturated carbocycles. The van der Waals surface area contributed by atoms with Crippen LogP contribution in [-0.2, 0) is 6.18 Å². The van der Waals surface area contributed by atoms with Gasteiger partial charge >= 0.3 is 6.18 Å². The third-order valence-electron chi connectivity index (χ3n) is 2.64.